The van der Waals surface area contributed by atoms with Gasteiger partial charge in [0.2, 0.25) is 0 Å². The molecule has 3 heteroatoms. The molecule has 2 unspecified atom stereocenters. The molecule has 0 spiro atoms. The van der Waals surface area contributed by atoms with Crippen LogP contribution in [0.2, 0.25) is 0 Å². The average Bonchev–Trinajstić information content (AvgIpc) is 1.62. The summed E-state index contributed by atoms with van der Waals surface area (Å²) in [6.07, 6.45) is 9.16. The van der Waals surface area contributed by atoms with Crippen LogP contribution in [0, 0.1) is 5.92 Å². The lowest BCUT2D eigenvalue weighted by molar-refractivity contribution is 0.232. The van der Waals surface area contributed by atoms with Crippen molar-refractivity contribution < 1.29 is 4.74 Å². The number of hydrogen-bond donors (Lipinski definition) is 0. The average molecular weight is 1120 g/mol. The van der Waals surface area contributed by atoms with E-state index < -0.39 is 0 Å². The van der Waals surface area contributed by atoms with Crippen molar-refractivity contribution in [3.05, 3.63) is 307 Å². The quantitative estimate of drug-likeness (QED) is 0.0751. The monoisotopic (exact) mass is 1110 g/mol. The molecule has 12 aromatic rings. The van der Waals surface area contributed by atoms with Crippen LogP contribution in [0.25, 0.3) is 84.2 Å². The van der Waals surface area contributed by atoms with Gasteiger partial charge in [-0.15, -0.1) is 0 Å². The van der Waals surface area contributed by atoms with Gasteiger partial charge in [-0.25, -0.2) is 0 Å². The molecule has 3 nitrogen and oxygen atoms in total. The van der Waals surface area contributed by atoms with Crippen LogP contribution in [0.4, 0.5) is 17.1 Å². The van der Waals surface area contributed by atoms with Crippen molar-refractivity contribution in [2.75, 3.05) is 11.5 Å². The zero-order chi connectivity index (χ0) is 58.8. The molecule has 0 N–H and O–H groups in total. The number of anilines is 3. The third-order valence-corrected chi connectivity index (χ3v) is 18.2. The molecule has 422 valence electrons. The second kappa shape index (κ2) is 23.7. The Balaban J connectivity index is 0.850. The van der Waals surface area contributed by atoms with E-state index in [1.807, 2.05) is 12.2 Å². The number of rotatable bonds is 19. The van der Waals surface area contributed by atoms with Gasteiger partial charge in [-0.05, 0) is 187 Å². The first-order chi connectivity index (χ1) is 42.1. The van der Waals surface area contributed by atoms with Crippen molar-refractivity contribution in [3.8, 4) is 55.9 Å². The Morgan fingerprint density at radius 2 is 0.977 bits per heavy atom. The van der Waals surface area contributed by atoms with Gasteiger partial charge in [0.05, 0.1) is 17.6 Å². The number of unbranched alkanes of at least 4 members (excludes halogenated alkanes) is 1. The van der Waals surface area contributed by atoms with E-state index in [1.54, 1.807) is 0 Å². The first kappa shape index (κ1) is 55.5. The number of aromatic nitrogens is 1. The van der Waals surface area contributed by atoms with E-state index in [0.29, 0.717) is 5.92 Å². The summed E-state index contributed by atoms with van der Waals surface area (Å²) in [7, 11) is 0. The maximum atomic E-state index is 6.35. The summed E-state index contributed by atoms with van der Waals surface area (Å²) in [5, 5.41) is 2.44. The molecule has 13 rings (SSSR count). The SMILES string of the molecule is C=Cc1ccc(OCC(CC)CCCCC2(c3ccccc3)c3ccccc3-c3ccc(N(c4ccccc4)c4ccc(-c5ccc6c(c5)c5cc(-c7ccc(C(C)(C)C)cc7)ccc5n6-c5ccc(-c6ccc(C=C)cc6)cc5)cc4)cc32)cc1. The van der Waals surface area contributed by atoms with Crippen LogP contribution in [-0.4, -0.2) is 11.2 Å². The number of hydrogen-bond acceptors (Lipinski definition) is 2. The normalized spacial score (nSPS) is 14.0. The smallest absolute Gasteiger partial charge is 0.119 e. The van der Waals surface area contributed by atoms with Crippen molar-refractivity contribution in [2.45, 2.75) is 70.6 Å². The third-order valence-electron chi connectivity index (χ3n) is 18.2. The Kier molecular flexibility index (Phi) is 15.3. The van der Waals surface area contributed by atoms with Crippen LogP contribution in [0.3, 0.4) is 0 Å². The molecule has 0 amide bonds. The summed E-state index contributed by atoms with van der Waals surface area (Å²) in [5.74, 6) is 1.40. The van der Waals surface area contributed by atoms with Crippen LogP contribution in [-0.2, 0) is 10.8 Å². The highest BCUT2D eigenvalue weighted by Crippen LogP contribution is 2.56. The lowest BCUT2D eigenvalue weighted by Crippen LogP contribution is -2.27. The Morgan fingerprint density at radius 1 is 0.477 bits per heavy atom. The number of benzene rings is 11. The van der Waals surface area contributed by atoms with Gasteiger partial charge >= 0.3 is 0 Å². The van der Waals surface area contributed by atoms with Crippen molar-refractivity contribution in [2.24, 2.45) is 5.92 Å². The Labute approximate surface area is 508 Å². The van der Waals surface area contributed by atoms with Gasteiger partial charge in [-0.1, -0.05) is 248 Å². The molecule has 1 aliphatic rings. The standard InChI is InChI=1S/C83H74N2O/c1-7-58-27-31-61(32-28-58)62-35-45-71(46-36-62)85-80-51-39-65(63-33-41-67(42-34-63)82(4,5)6)54-76(80)77-55-66(40-52-81(77)85)64-37-43-70(44-38-64)84(69-23-14-11-15-24-69)72-47-50-75-74-25-16-17-26-78(74)83(79(75)56-72,68-21-12-10-13-22-68)53-19-18-20-60(9-3)57-86-73-48-29-59(8-2)30-49-73/h7-8,10-17,21-52,54-56,60H,1-2,9,18-20,53,57H2,3-6H3. The van der Waals surface area contributed by atoms with Gasteiger partial charge in [0.15, 0.2) is 0 Å². The molecule has 1 heterocycles. The molecule has 0 aliphatic heterocycles. The van der Waals surface area contributed by atoms with Gasteiger partial charge in [0.1, 0.15) is 5.75 Å². The van der Waals surface area contributed by atoms with Gasteiger partial charge < -0.3 is 14.2 Å². The van der Waals surface area contributed by atoms with E-state index in [9.17, 15) is 0 Å². The summed E-state index contributed by atoms with van der Waals surface area (Å²) in [5.41, 5.74) is 24.0. The summed E-state index contributed by atoms with van der Waals surface area (Å²) in [6, 6.07) is 96.8. The fraction of sp³-hybridized carbons (Fsp3) is 0.157. The molecular formula is C83H74N2O. The molecule has 0 fully saturated rings. The minimum atomic E-state index is -0.332. The largest absolute Gasteiger partial charge is 0.493 e. The van der Waals surface area contributed by atoms with E-state index >= 15 is 0 Å². The van der Waals surface area contributed by atoms with Crippen LogP contribution in [0.5, 0.6) is 5.75 Å². The van der Waals surface area contributed by atoms with Gasteiger partial charge in [0, 0.05) is 38.9 Å². The van der Waals surface area contributed by atoms with E-state index in [1.165, 1.54) is 83.0 Å². The van der Waals surface area contributed by atoms with E-state index in [0.717, 1.165) is 83.9 Å². The fourth-order valence-electron chi connectivity index (χ4n) is 13.3. The lowest BCUT2D eigenvalue weighted by atomic mass is 9.69. The zero-order valence-corrected chi connectivity index (χ0v) is 50.0. The molecule has 11 aromatic carbocycles. The highest BCUT2D eigenvalue weighted by molar-refractivity contribution is 6.11. The molecule has 1 aromatic heterocycles. The Bertz CT molecular complexity index is 4360. The fourth-order valence-corrected chi connectivity index (χ4v) is 13.3. The molecular weight excluding hydrogens is 1040 g/mol. The maximum absolute atomic E-state index is 6.35. The predicted octanol–water partition coefficient (Wildman–Crippen LogP) is 22.8. The minimum absolute atomic E-state index is 0.0796. The van der Waals surface area contributed by atoms with Crippen LogP contribution < -0.4 is 9.64 Å². The van der Waals surface area contributed by atoms with Gasteiger partial charge in [-0.3, -0.25) is 0 Å². The van der Waals surface area contributed by atoms with Gasteiger partial charge in [0.25, 0.3) is 0 Å². The second-order valence-corrected chi connectivity index (χ2v) is 24.4. The molecule has 2 atom stereocenters. The van der Waals surface area contributed by atoms with Crippen molar-refractivity contribution in [1.82, 2.24) is 4.57 Å². The van der Waals surface area contributed by atoms with E-state index in [4.69, 9.17) is 4.74 Å². The first-order valence-electron chi connectivity index (χ1n) is 30.7. The zero-order valence-electron chi connectivity index (χ0n) is 50.0. The number of ether oxygens (including phenoxy) is 1. The number of nitrogens with zero attached hydrogens (tertiary/aromatic N) is 2. The highest BCUT2D eigenvalue weighted by Gasteiger charge is 2.44. The van der Waals surface area contributed by atoms with Crippen molar-refractivity contribution >= 4 is 51.0 Å². The second-order valence-electron chi connectivity index (χ2n) is 24.4. The summed E-state index contributed by atoms with van der Waals surface area (Å²) < 4.78 is 8.78. The highest BCUT2D eigenvalue weighted by atomic mass is 16.5. The summed E-state index contributed by atoms with van der Waals surface area (Å²) >= 11 is 0. The van der Waals surface area contributed by atoms with Crippen LogP contribution in [0.15, 0.2) is 274 Å². The van der Waals surface area contributed by atoms with E-state index in [-0.39, 0.29) is 10.8 Å². The topological polar surface area (TPSA) is 17.4 Å². The molecule has 0 saturated heterocycles. The predicted molar refractivity (Wildman–Crippen MR) is 367 cm³/mol. The maximum Gasteiger partial charge on any atom is 0.119 e. The molecule has 0 radical (unpaired) electrons. The Hall–Kier alpha value is -9.70. The molecule has 0 saturated carbocycles. The third kappa shape index (κ3) is 10.7. The molecule has 1 aliphatic carbocycles. The van der Waals surface area contributed by atoms with Gasteiger partial charge in [-0.2, -0.15) is 0 Å². The summed E-state index contributed by atoms with van der Waals surface area (Å²) in [4.78, 5) is 2.44. The Morgan fingerprint density at radius 3 is 1.58 bits per heavy atom. The summed E-state index contributed by atoms with van der Waals surface area (Å²) in [6.45, 7) is 17.7. The van der Waals surface area contributed by atoms with Crippen molar-refractivity contribution in [3.63, 3.8) is 0 Å². The molecule has 86 heavy (non-hydrogen) atoms. The number of fused-ring (bicyclic) bond motifs is 6. The number of para-hydroxylation sites is 1. The lowest BCUT2D eigenvalue weighted by Gasteiger charge is -2.34. The van der Waals surface area contributed by atoms with Crippen molar-refractivity contribution in [1.29, 1.82) is 0 Å². The first-order valence-corrected chi connectivity index (χ1v) is 30.7. The van der Waals surface area contributed by atoms with Crippen LogP contribution >= 0.6 is 0 Å². The van der Waals surface area contributed by atoms with Crippen LogP contribution in [0.1, 0.15) is 93.2 Å². The van der Waals surface area contributed by atoms with E-state index in [2.05, 4.69) is 311 Å². The molecule has 0 bridgehead atoms. The minimum Gasteiger partial charge on any atom is -0.493 e.